The van der Waals surface area contributed by atoms with Gasteiger partial charge in [0.2, 0.25) is 0 Å². The first-order valence-electron chi connectivity index (χ1n) is 12.9. The third kappa shape index (κ3) is 3.23. The number of halogens is 1. The lowest BCUT2D eigenvalue weighted by molar-refractivity contribution is -0.205. The summed E-state index contributed by atoms with van der Waals surface area (Å²) in [7, 11) is 0. The SMILES string of the molecule is CCCCC(=O)OCC(=O)[C@@]1(C)[C@@H](C)C[C@H]2[C@@H]3CCC4=CC(=O)C=C[C@]4(C)[C@@]3(F)[C@@H](O)C[C@@]21C. The second-order valence-corrected chi connectivity index (χ2v) is 11.8. The van der Waals surface area contributed by atoms with E-state index in [-0.39, 0.29) is 42.4 Å². The van der Waals surface area contributed by atoms with Crippen LogP contribution in [0.4, 0.5) is 4.39 Å². The van der Waals surface area contributed by atoms with Crippen LogP contribution in [0.2, 0.25) is 0 Å². The van der Waals surface area contributed by atoms with Crippen molar-refractivity contribution in [3.63, 3.8) is 0 Å². The molecule has 0 bridgehead atoms. The number of alkyl halides is 1. The number of carbonyl (C=O) groups excluding carboxylic acids is 3. The summed E-state index contributed by atoms with van der Waals surface area (Å²) in [6.07, 6.45) is 7.23. The lowest BCUT2D eigenvalue weighted by Gasteiger charge is -2.63. The topological polar surface area (TPSA) is 80.7 Å². The summed E-state index contributed by atoms with van der Waals surface area (Å²) in [5.41, 5.74) is -3.64. The number of esters is 1. The summed E-state index contributed by atoms with van der Waals surface area (Å²) >= 11 is 0. The molecule has 3 saturated carbocycles. The standard InChI is InChI=1S/C28H39FO5/c1-6-7-8-24(33)34-16-23(32)27(5)17(2)13-21-20-10-9-18-14-19(30)11-12-25(18,3)28(20,29)22(31)15-26(21,27)4/h11-12,14,17,20-22,31H,6-10,13,15-16H2,1-5H3/t17-,20-,21-,22-,25-,26-,27+,28-/m0/s1. The number of fused-ring (bicyclic) bond motifs is 5. The molecule has 0 radical (unpaired) electrons. The molecule has 0 saturated heterocycles. The Balaban J connectivity index is 1.65. The smallest absolute Gasteiger partial charge is 0.306 e. The summed E-state index contributed by atoms with van der Waals surface area (Å²) in [5.74, 6) is -1.19. The predicted octanol–water partition coefficient (Wildman–Crippen LogP) is 4.91. The Labute approximate surface area is 202 Å². The van der Waals surface area contributed by atoms with E-state index < -0.39 is 33.9 Å². The molecule has 0 unspecified atom stereocenters. The third-order valence-corrected chi connectivity index (χ3v) is 10.5. The fourth-order valence-corrected chi connectivity index (χ4v) is 8.05. The van der Waals surface area contributed by atoms with Crippen molar-refractivity contribution in [1.29, 1.82) is 0 Å². The number of aliphatic hydroxyl groups excluding tert-OH is 1. The van der Waals surface area contributed by atoms with Crippen LogP contribution in [0, 0.1) is 34.0 Å². The average Bonchev–Trinajstić information content (AvgIpc) is 2.99. The van der Waals surface area contributed by atoms with Crippen LogP contribution in [-0.4, -0.2) is 41.0 Å². The first kappa shape index (κ1) is 25.3. The van der Waals surface area contributed by atoms with Gasteiger partial charge in [-0.1, -0.05) is 45.8 Å². The number of ketones is 2. The largest absolute Gasteiger partial charge is 0.458 e. The fourth-order valence-electron chi connectivity index (χ4n) is 8.05. The summed E-state index contributed by atoms with van der Waals surface area (Å²) < 4.78 is 22.5. The Morgan fingerprint density at radius 2 is 1.94 bits per heavy atom. The minimum atomic E-state index is -1.90. The van der Waals surface area contributed by atoms with Crippen molar-refractivity contribution in [3.8, 4) is 0 Å². The van der Waals surface area contributed by atoms with Crippen LogP contribution >= 0.6 is 0 Å². The van der Waals surface area contributed by atoms with Gasteiger partial charge in [0.15, 0.2) is 23.8 Å². The maximum absolute atomic E-state index is 17.2. The van der Waals surface area contributed by atoms with Crippen molar-refractivity contribution in [2.75, 3.05) is 6.61 Å². The predicted molar refractivity (Wildman–Crippen MR) is 126 cm³/mol. The first-order chi connectivity index (χ1) is 15.9. The van der Waals surface area contributed by atoms with Gasteiger partial charge in [-0.2, -0.15) is 0 Å². The summed E-state index contributed by atoms with van der Waals surface area (Å²) in [4.78, 5) is 37.6. The van der Waals surface area contributed by atoms with Crippen molar-refractivity contribution in [1.82, 2.24) is 0 Å². The molecule has 1 N–H and O–H groups in total. The first-order valence-corrected chi connectivity index (χ1v) is 12.9. The second kappa shape index (κ2) is 8.39. The number of rotatable bonds is 6. The molecule has 34 heavy (non-hydrogen) atoms. The molecule has 3 fully saturated rings. The highest BCUT2D eigenvalue weighted by molar-refractivity contribution is 6.01. The van der Waals surface area contributed by atoms with E-state index >= 15 is 4.39 Å². The number of hydrogen-bond donors (Lipinski definition) is 1. The zero-order valence-electron chi connectivity index (χ0n) is 21.2. The van der Waals surface area contributed by atoms with Crippen LogP contribution < -0.4 is 0 Å². The van der Waals surface area contributed by atoms with Gasteiger partial charge in [-0.25, -0.2) is 4.39 Å². The maximum atomic E-state index is 17.2. The fraction of sp³-hybridized carbons (Fsp3) is 0.750. The van der Waals surface area contributed by atoms with Crippen molar-refractivity contribution in [2.45, 2.75) is 91.3 Å². The number of unbranched alkanes of at least 4 members (excludes halogenated alkanes) is 1. The maximum Gasteiger partial charge on any atom is 0.306 e. The molecule has 0 aliphatic heterocycles. The molecule has 0 amide bonds. The van der Waals surface area contributed by atoms with Crippen LogP contribution in [0.15, 0.2) is 23.8 Å². The van der Waals surface area contributed by atoms with Gasteiger partial charge in [-0.3, -0.25) is 14.4 Å². The van der Waals surface area contributed by atoms with Crippen molar-refractivity contribution in [2.24, 2.45) is 34.0 Å². The second-order valence-electron chi connectivity index (χ2n) is 11.8. The van der Waals surface area contributed by atoms with Gasteiger partial charge in [0, 0.05) is 23.2 Å². The number of hydrogen-bond acceptors (Lipinski definition) is 5. The quantitative estimate of drug-likeness (QED) is 0.553. The lowest BCUT2D eigenvalue weighted by Crippen LogP contribution is -2.67. The summed E-state index contributed by atoms with van der Waals surface area (Å²) in [6.45, 7) is 9.50. The van der Waals surface area contributed by atoms with E-state index in [9.17, 15) is 19.5 Å². The molecule has 0 aromatic heterocycles. The monoisotopic (exact) mass is 474 g/mol. The van der Waals surface area contributed by atoms with Crippen molar-refractivity contribution < 1.29 is 28.6 Å². The normalized spacial score (nSPS) is 45.1. The van der Waals surface area contributed by atoms with Gasteiger partial charge >= 0.3 is 5.97 Å². The van der Waals surface area contributed by atoms with Gasteiger partial charge in [0.1, 0.15) is 0 Å². The van der Waals surface area contributed by atoms with Crippen LogP contribution in [0.1, 0.15) is 79.6 Å². The Kier molecular flexibility index (Phi) is 6.24. The average molecular weight is 475 g/mol. The molecule has 4 aliphatic rings. The third-order valence-electron chi connectivity index (χ3n) is 10.5. The molecule has 8 atom stereocenters. The molecular weight excluding hydrogens is 435 g/mol. The van der Waals surface area contributed by atoms with E-state index in [1.165, 1.54) is 12.2 Å². The number of carbonyl (C=O) groups is 3. The molecule has 0 aromatic rings. The van der Waals surface area contributed by atoms with Crippen molar-refractivity contribution in [3.05, 3.63) is 23.8 Å². The Bertz CT molecular complexity index is 954. The van der Waals surface area contributed by atoms with Gasteiger partial charge in [-0.15, -0.1) is 0 Å². The highest BCUT2D eigenvalue weighted by Crippen LogP contribution is 2.72. The Hall–Kier alpha value is -1.82. The zero-order valence-corrected chi connectivity index (χ0v) is 21.2. The molecule has 0 heterocycles. The Morgan fingerprint density at radius 3 is 2.62 bits per heavy atom. The van der Waals surface area contributed by atoms with Crippen LogP contribution in [-0.2, 0) is 19.1 Å². The lowest BCUT2D eigenvalue weighted by atomic mass is 9.43. The molecule has 5 nitrogen and oxygen atoms in total. The highest BCUT2D eigenvalue weighted by atomic mass is 19.1. The van der Waals surface area contributed by atoms with E-state index in [0.29, 0.717) is 25.7 Å². The van der Waals surface area contributed by atoms with E-state index in [1.807, 2.05) is 27.7 Å². The molecule has 188 valence electrons. The number of aliphatic hydroxyl groups is 1. The molecule has 0 spiro atoms. The molecule has 4 aliphatic carbocycles. The van der Waals surface area contributed by atoms with E-state index in [0.717, 1.165) is 18.4 Å². The van der Waals surface area contributed by atoms with Gasteiger partial charge < -0.3 is 9.84 Å². The summed E-state index contributed by atoms with van der Waals surface area (Å²) in [5, 5.41) is 11.4. The van der Waals surface area contributed by atoms with Gasteiger partial charge in [0.05, 0.1) is 6.10 Å². The molecular formula is C28H39FO5. The molecule has 6 heteroatoms. The van der Waals surface area contributed by atoms with Gasteiger partial charge in [-0.05, 0) is 68.4 Å². The van der Waals surface area contributed by atoms with E-state index in [1.54, 1.807) is 13.0 Å². The number of Topliss-reactive ketones (excluding diaryl/α,β-unsaturated/α-hetero) is 1. The van der Waals surface area contributed by atoms with E-state index in [2.05, 4.69) is 0 Å². The van der Waals surface area contributed by atoms with Crippen molar-refractivity contribution >= 4 is 17.5 Å². The molecule has 0 aromatic carbocycles. The minimum Gasteiger partial charge on any atom is -0.458 e. The van der Waals surface area contributed by atoms with Crippen LogP contribution in [0.3, 0.4) is 0 Å². The molecule has 4 rings (SSSR count). The zero-order chi connectivity index (χ0) is 25.1. The van der Waals surface area contributed by atoms with E-state index in [4.69, 9.17) is 4.74 Å². The summed E-state index contributed by atoms with van der Waals surface area (Å²) in [6, 6.07) is 0. The Morgan fingerprint density at radius 1 is 1.24 bits per heavy atom. The van der Waals surface area contributed by atoms with Crippen LogP contribution in [0.25, 0.3) is 0 Å². The highest BCUT2D eigenvalue weighted by Gasteiger charge is 2.74. The number of allylic oxidation sites excluding steroid dienone is 4. The number of ether oxygens (including phenoxy) is 1. The van der Waals surface area contributed by atoms with Gasteiger partial charge in [0.25, 0.3) is 0 Å². The minimum absolute atomic E-state index is 0.0351. The van der Waals surface area contributed by atoms with Crippen LogP contribution in [0.5, 0.6) is 0 Å².